The van der Waals surface area contributed by atoms with Crippen molar-refractivity contribution in [3.63, 3.8) is 0 Å². The van der Waals surface area contributed by atoms with E-state index in [1.165, 1.54) is 23.1 Å². The van der Waals surface area contributed by atoms with Gasteiger partial charge >= 0.3 is 0 Å². The Kier molecular flexibility index (Phi) is 10.3. The molecule has 4 rings (SSSR count). The maximum Gasteiger partial charge on any atom is 0.248 e. The smallest absolute Gasteiger partial charge is 0.248 e. The van der Waals surface area contributed by atoms with Crippen molar-refractivity contribution in [2.75, 3.05) is 22.3 Å². The molecule has 0 saturated heterocycles. The number of nitrogens with zero attached hydrogens (tertiary/aromatic N) is 1. The molecule has 2 fully saturated rings. The van der Waals surface area contributed by atoms with Gasteiger partial charge in [0.1, 0.15) is 11.9 Å². The fourth-order valence-electron chi connectivity index (χ4n) is 5.64. The lowest BCUT2D eigenvalue weighted by Crippen LogP contribution is -2.51. The number of rotatable bonds is 11. The number of carbonyl (C=O) groups excluding carboxylic acids is 2. The Balaban J connectivity index is 1.64. The van der Waals surface area contributed by atoms with Crippen LogP contribution in [0.1, 0.15) is 63.0 Å². The lowest BCUT2D eigenvalue weighted by atomic mass is 9.75. The van der Waals surface area contributed by atoms with E-state index < -0.39 is 27.6 Å². The number of sulfone groups is 1. The van der Waals surface area contributed by atoms with Gasteiger partial charge in [-0.3, -0.25) is 14.5 Å². The molecular weight excluding hydrogens is 562 g/mol. The van der Waals surface area contributed by atoms with Gasteiger partial charge in [-0.25, -0.2) is 12.8 Å². The second-order valence-electron chi connectivity index (χ2n) is 10.6. The maximum absolute atomic E-state index is 14.4. The second kappa shape index (κ2) is 13.5. The number of halogens is 3. The molecule has 0 bridgehead atoms. The minimum absolute atomic E-state index is 0.00371. The Hall–Kier alpha value is -2.16. The van der Waals surface area contributed by atoms with E-state index in [4.69, 9.17) is 23.2 Å². The van der Waals surface area contributed by atoms with Crippen LogP contribution in [-0.2, 0) is 19.4 Å². The fraction of sp³-hybridized carbons (Fsp3) is 0.517. The largest absolute Gasteiger partial charge is 0.351 e. The van der Waals surface area contributed by atoms with Crippen molar-refractivity contribution in [2.24, 2.45) is 11.8 Å². The highest BCUT2D eigenvalue weighted by Crippen LogP contribution is 2.41. The molecule has 1 unspecified atom stereocenters. The maximum atomic E-state index is 14.4. The third-order valence-corrected chi connectivity index (χ3v) is 10.1. The van der Waals surface area contributed by atoms with Crippen molar-refractivity contribution >= 4 is 50.5 Å². The third-order valence-electron chi connectivity index (χ3n) is 7.65. The van der Waals surface area contributed by atoms with E-state index in [-0.39, 0.29) is 46.8 Å². The minimum atomic E-state index is -3.27. The number of nitrogens with one attached hydrogen (secondary N) is 1. The van der Waals surface area contributed by atoms with E-state index in [1.807, 2.05) is 0 Å². The summed E-state index contributed by atoms with van der Waals surface area (Å²) >= 11 is 12.2. The highest BCUT2D eigenvalue weighted by molar-refractivity contribution is 7.91. The van der Waals surface area contributed by atoms with Crippen molar-refractivity contribution in [3.8, 4) is 0 Å². The zero-order valence-corrected chi connectivity index (χ0v) is 24.2. The first-order valence-corrected chi connectivity index (χ1v) is 16.3. The molecule has 0 spiro atoms. The van der Waals surface area contributed by atoms with Crippen molar-refractivity contribution < 1.29 is 22.4 Å². The Morgan fingerprint density at radius 3 is 2.44 bits per heavy atom. The first-order chi connectivity index (χ1) is 18.7. The summed E-state index contributed by atoms with van der Waals surface area (Å²) < 4.78 is 39.2. The Bertz CT molecular complexity index is 1260. The van der Waals surface area contributed by atoms with Crippen LogP contribution in [0.15, 0.2) is 48.5 Å². The molecule has 212 valence electrons. The summed E-state index contributed by atoms with van der Waals surface area (Å²) in [5.41, 5.74) is 0.700. The SMILES string of the molecule is O=C(NC1CCCCC1)C(c1ccccc1Cl)N(C(=O)C1CC(CS(=O)(=O)CCCCl)C1)c1cccc(F)c1. The second-order valence-corrected chi connectivity index (χ2v) is 13.7. The molecule has 39 heavy (non-hydrogen) atoms. The molecular formula is C29H35Cl2FN2O4S. The Morgan fingerprint density at radius 1 is 1.05 bits per heavy atom. The van der Waals surface area contributed by atoms with Gasteiger partial charge in [0.15, 0.2) is 9.84 Å². The zero-order chi connectivity index (χ0) is 28.0. The predicted octanol–water partition coefficient (Wildman–Crippen LogP) is 6.07. The van der Waals surface area contributed by atoms with Crippen molar-refractivity contribution in [1.29, 1.82) is 0 Å². The van der Waals surface area contributed by atoms with Crippen molar-refractivity contribution in [2.45, 2.75) is 63.5 Å². The van der Waals surface area contributed by atoms with Crippen molar-refractivity contribution in [3.05, 3.63) is 64.9 Å². The van der Waals surface area contributed by atoms with Crippen LogP contribution in [0.2, 0.25) is 5.02 Å². The van der Waals surface area contributed by atoms with Gasteiger partial charge in [-0.05, 0) is 62.3 Å². The number of benzene rings is 2. The Labute approximate surface area is 240 Å². The van der Waals surface area contributed by atoms with Gasteiger partial charge in [-0.1, -0.05) is 55.1 Å². The predicted molar refractivity (Wildman–Crippen MR) is 153 cm³/mol. The summed E-state index contributed by atoms with van der Waals surface area (Å²) in [4.78, 5) is 29.3. The van der Waals surface area contributed by atoms with E-state index in [0.29, 0.717) is 29.8 Å². The first kappa shape index (κ1) is 29.8. The molecule has 0 aliphatic heterocycles. The topological polar surface area (TPSA) is 83.6 Å². The molecule has 1 N–H and O–H groups in total. The quantitative estimate of drug-likeness (QED) is 0.319. The van der Waals surface area contributed by atoms with Crippen LogP contribution < -0.4 is 10.2 Å². The number of amides is 2. The molecule has 6 nitrogen and oxygen atoms in total. The number of hydrogen-bond acceptors (Lipinski definition) is 4. The van der Waals surface area contributed by atoms with Crippen LogP contribution in [0.25, 0.3) is 0 Å². The summed E-state index contributed by atoms with van der Waals surface area (Å²) in [5, 5.41) is 3.45. The monoisotopic (exact) mass is 596 g/mol. The van der Waals surface area contributed by atoms with Crippen LogP contribution in [0.4, 0.5) is 10.1 Å². The molecule has 0 radical (unpaired) electrons. The Morgan fingerprint density at radius 2 is 1.77 bits per heavy atom. The lowest BCUT2D eigenvalue weighted by Gasteiger charge is -2.40. The van der Waals surface area contributed by atoms with E-state index in [2.05, 4.69) is 5.32 Å². The van der Waals surface area contributed by atoms with Gasteiger partial charge < -0.3 is 5.32 Å². The molecule has 0 aromatic heterocycles. The average molecular weight is 598 g/mol. The normalized spacial score (nSPS) is 20.6. The lowest BCUT2D eigenvalue weighted by molar-refractivity contribution is -0.131. The van der Waals surface area contributed by atoms with Gasteiger partial charge in [-0.2, -0.15) is 0 Å². The van der Waals surface area contributed by atoms with Crippen molar-refractivity contribution in [1.82, 2.24) is 5.32 Å². The molecule has 1 atom stereocenters. The van der Waals surface area contributed by atoms with E-state index in [0.717, 1.165) is 32.1 Å². The van der Waals surface area contributed by atoms with Crippen LogP contribution in [0, 0.1) is 17.7 Å². The van der Waals surface area contributed by atoms with Crippen LogP contribution >= 0.6 is 23.2 Å². The third kappa shape index (κ3) is 7.74. The summed E-state index contributed by atoms with van der Waals surface area (Å²) in [7, 11) is -3.27. The van der Waals surface area contributed by atoms with Gasteiger partial charge in [0.25, 0.3) is 0 Å². The number of hydrogen-bond donors (Lipinski definition) is 1. The summed E-state index contributed by atoms with van der Waals surface area (Å²) in [6.07, 6.45) is 6.03. The van der Waals surface area contributed by atoms with E-state index in [9.17, 15) is 22.4 Å². The standard InChI is InChI=1S/C29H35Cl2FN2O4S/c30-14-7-15-39(37,38)19-20-16-21(17-20)29(36)34(24-11-6-8-22(32)18-24)27(25-12-4-5-13-26(25)31)28(35)33-23-9-2-1-3-10-23/h4-6,8,11-13,18,20-21,23,27H,1-3,7,9-10,14-17,19H2,(H,33,35). The molecule has 2 amide bonds. The van der Waals surface area contributed by atoms with Gasteiger partial charge in [0.2, 0.25) is 11.8 Å². The van der Waals surface area contributed by atoms with Gasteiger partial charge in [0.05, 0.1) is 11.5 Å². The van der Waals surface area contributed by atoms with Crippen LogP contribution in [-0.4, -0.2) is 43.7 Å². The average Bonchev–Trinajstić information content (AvgIpc) is 2.88. The summed E-state index contributed by atoms with van der Waals surface area (Å²) in [6.45, 7) is 0. The van der Waals surface area contributed by atoms with Crippen LogP contribution in [0.3, 0.4) is 0 Å². The highest BCUT2D eigenvalue weighted by atomic mass is 35.5. The summed E-state index contributed by atoms with van der Waals surface area (Å²) in [5.74, 6) is -1.59. The summed E-state index contributed by atoms with van der Waals surface area (Å²) in [6, 6.07) is 11.4. The minimum Gasteiger partial charge on any atom is -0.351 e. The molecule has 2 aliphatic rings. The van der Waals surface area contributed by atoms with Gasteiger partial charge in [-0.15, -0.1) is 11.6 Å². The van der Waals surface area contributed by atoms with Crippen LogP contribution in [0.5, 0.6) is 0 Å². The van der Waals surface area contributed by atoms with Gasteiger partial charge in [0, 0.05) is 34.1 Å². The number of anilines is 1. The molecule has 2 aromatic rings. The molecule has 2 saturated carbocycles. The zero-order valence-electron chi connectivity index (χ0n) is 21.8. The molecule has 10 heteroatoms. The van der Waals surface area contributed by atoms with E-state index >= 15 is 0 Å². The highest BCUT2D eigenvalue weighted by Gasteiger charge is 2.43. The number of carbonyl (C=O) groups is 2. The fourth-order valence-corrected chi connectivity index (χ4v) is 7.91. The number of alkyl halides is 1. The molecule has 2 aromatic carbocycles. The molecule has 0 heterocycles. The molecule has 2 aliphatic carbocycles. The first-order valence-electron chi connectivity index (χ1n) is 13.6. The van der Waals surface area contributed by atoms with E-state index in [1.54, 1.807) is 30.3 Å².